The van der Waals surface area contributed by atoms with Gasteiger partial charge in [0.15, 0.2) is 0 Å². The zero-order chi connectivity index (χ0) is 13.8. The van der Waals surface area contributed by atoms with Gasteiger partial charge in [-0.15, -0.1) is 0 Å². The quantitative estimate of drug-likeness (QED) is 0.815. The Hall–Kier alpha value is -1.55. The summed E-state index contributed by atoms with van der Waals surface area (Å²) in [5, 5.41) is 10.7. The Morgan fingerprint density at radius 2 is 1.89 bits per heavy atom. The summed E-state index contributed by atoms with van der Waals surface area (Å²) in [6, 6.07) is 7.06. The lowest BCUT2D eigenvalue weighted by Crippen LogP contribution is -2.38. The first-order valence-corrected chi connectivity index (χ1v) is 5.94. The van der Waals surface area contributed by atoms with E-state index in [1.54, 1.807) is 38.3 Å². The van der Waals surface area contributed by atoms with Crippen LogP contribution in [0.4, 0.5) is 0 Å². The van der Waals surface area contributed by atoms with E-state index < -0.39 is 17.5 Å². The van der Waals surface area contributed by atoms with Crippen molar-refractivity contribution < 1.29 is 19.4 Å². The first kappa shape index (κ1) is 14.5. The molecule has 0 spiro atoms. The van der Waals surface area contributed by atoms with E-state index in [9.17, 15) is 9.90 Å². The van der Waals surface area contributed by atoms with Crippen LogP contribution in [-0.4, -0.2) is 25.3 Å². The lowest BCUT2D eigenvalue weighted by Gasteiger charge is -2.32. The van der Waals surface area contributed by atoms with Crippen molar-refractivity contribution in [2.75, 3.05) is 14.2 Å². The third-order valence-electron chi connectivity index (χ3n) is 3.40. The minimum atomic E-state index is -1.22. The number of hydrogen-bond acceptors (Lipinski definition) is 4. The maximum atomic E-state index is 11.6. The Balaban J connectivity index is 3.09. The van der Waals surface area contributed by atoms with E-state index in [0.29, 0.717) is 17.7 Å². The van der Waals surface area contributed by atoms with Crippen molar-refractivity contribution in [3.05, 3.63) is 29.8 Å². The molecule has 4 nitrogen and oxygen atoms in total. The SMILES string of the molecule is CCC(O)(c1ccc(OC)cc1)C(C)C(=O)OC. The molecule has 4 heteroatoms. The zero-order valence-electron chi connectivity index (χ0n) is 11.3. The zero-order valence-corrected chi connectivity index (χ0v) is 11.3. The first-order chi connectivity index (χ1) is 8.49. The predicted molar refractivity (Wildman–Crippen MR) is 68.4 cm³/mol. The van der Waals surface area contributed by atoms with Crippen LogP contribution in [0.1, 0.15) is 25.8 Å². The molecule has 0 aliphatic heterocycles. The molecule has 1 rings (SSSR count). The van der Waals surface area contributed by atoms with Gasteiger partial charge < -0.3 is 14.6 Å². The van der Waals surface area contributed by atoms with E-state index in [1.807, 2.05) is 6.92 Å². The number of carbonyl (C=O) groups is 1. The smallest absolute Gasteiger partial charge is 0.311 e. The van der Waals surface area contributed by atoms with Gasteiger partial charge in [-0.3, -0.25) is 4.79 Å². The molecule has 1 N–H and O–H groups in total. The third kappa shape index (κ3) is 2.64. The van der Waals surface area contributed by atoms with Gasteiger partial charge in [-0.05, 0) is 31.0 Å². The van der Waals surface area contributed by atoms with E-state index in [4.69, 9.17) is 9.47 Å². The predicted octanol–water partition coefficient (Wildman–Crippen LogP) is 2.10. The monoisotopic (exact) mass is 252 g/mol. The molecule has 0 fully saturated rings. The molecule has 0 aromatic heterocycles. The molecule has 0 amide bonds. The fourth-order valence-electron chi connectivity index (χ4n) is 2.01. The maximum Gasteiger partial charge on any atom is 0.311 e. The number of benzene rings is 1. The Morgan fingerprint density at radius 1 is 1.33 bits per heavy atom. The van der Waals surface area contributed by atoms with Crippen LogP contribution in [-0.2, 0) is 15.1 Å². The molecule has 0 bridgehead atoms. The van der Waals surface area contributed by atoms with Gasteiger partial charge in [-0.25, -0.2) is 0 Å². The van der Waals surface area contributed by atoms with Crippen molar-refractivity contribution in [2.45, 2.75) is 25.9 Å². The normalized spacial score (nSPS) is 15.6. The summed E-state index contributed by atoms with van der Waals surface area (Å²) in [4.78, 5) is 11.6. The highest BCUT2D eigenvalue weighted by Crippen LogP contribution is 2.34. The van der Waals surface area contributed by atoms with E-state index in [-0.39, 0.29) is 0 Å². The molecule has 1 aromatic rings. The first-order valence-electron chi connectivity index (χ1n) is 5.94. The van der Waals surface area contributed by atoms with Crippen molar-refractivity contribution >= 4 is 5.97 Å². The van der Waals surface area contributed by atoms with Gasteiger partial charge in [-0.1, -0.05) is 19.1 Å². The van der Waals surface area contributed by atoms with Gasteiger partial charge in [0.2, 0.25) is 0 Å². The van der Waals surface area contributed by atoms with Crippen molar-refractivity contribution in [1.29, 1.82) is 0 Å². The summed E-state index contributed by atoms with van der Waals surface area (Å²) in [6.07, 6.45) is 0.426. The fraction of sp³-hybridized carbons (Fsp3) is 0.500. The van der Waals surface area contributed by atoms with Gasteiger partial charge in [0, 0.05) is 0 Å². The Kier molecular flexibility index (Phi) is 4.73. The molecular weight excluding hydrogens is 232 g/mol. The molecule has 0 radical (unpaired) electrons. The molecule has 2 unspecified atom stereocenters. The second-order valence-corrected chi connectivity index (χ2v) is 4.25. The van der Waals surface area contributed by atoms with E-state index in [0.717, 1.165) is 0 Å². The molecule has 0 heterocycles. The van der Waals surface area contributed by atoms with Gasteiger partial charge in [0.05, 0.1) is 20.1 Å². The maximum absolute atomic E-state index is 11.6. The Morgan fingerprint density at radius 3 is 2.28 bits per heavy atom. The highest BCUT2D eigenvalue weighted by molar-refractivity contribution is 5.73. The van der Waals surface area contributed by atoms with Crippen LogP contribution in [0.3, 0.4) is 0 Å². The molecule has 18 heavy (non-hydrogen) atoms. The molecule has 0 aliphatic rings. The number of aliphatic hydroxyl groups is 1. The minimum Gasteiger partial charge on any atom is -0.497 e. The number of rotatable bonds is 5. The summed E-state index contributed by atoms with van der Waals surface area (Å²) in [6.45, 7) is 3.50. The van der Waals surface area contributed by atoms with Crippen LogP contribution < -0.4 is 4.74 Å². The highest BCUT2D eigenvalue weighted by Gasteiger charge is 2.39. The Labute approximate surface area is 108 Å². The van der Waals surface area contributed by atoms with E-state index in [2.05, 4.69) is 0 Å². The van der Waals surface area contributed by atoms with E-state index >= 15 is 0 Å². The Bertz CT molecular complexity index is 399. The van der Waals surface area contributed by atoms with Crippen LogP contribution in [0.15, 0.2) is 24.3 Å². The van der Waals surface area contributed by atoms with Crippen molar-refractivity contribution in [3.63, 3.8) is 0 Å². The summed E-state index contributed by atoms with van der Waals surface area (Å²) in [5.74, 6) is -0.334. The summed E-state index contributed by atoms with van der Waals surface area (Å²) < 4.78 is 9.77. The van der Waals surface area contributed by atoms with Gasteiger partial charge in [-0.2, -0.15) is 0 Å². The number of methoxy groups -OCH3 is 2. The average Bonchev–Trinajstić information content (AvgIpc) is 2.44. The van der Waals surface area contributed by atoms with Crippen molar-refractivity contribution in [3.8, 4) is 5.75 Å². The molecular formula is C14H20O4. The van der Waals surface area contributed by atoms with Crippen molar-refractivity contribution in [2.24, 2.45) is 5.92 Å². The number of ether oxygens (including phenoxy) is 2. The molecule has 0 saturated heterocycles. The molecule has 1 aromatic carbocycles. The van der Waals surface area contributed by atoms with Crippen molar-refractivity contribution in [1.82, 2.24) is 0 Å². The third-order valence-corrected chi connectivity index (χ3v) is 3.40. The van der Waals surface area contributed by atoms with Crippen LogP contribution in [0.2, 0.25) is 0 Å². The van der Waals surface area contributed by atoms with Crippen LogP contribution >= 0.6 is 0 Å². The number of hydrogen-bond donors (Lipinski definition) is 1. The van der Waals surface area contributed by atoms with Gasteiger partial charge >= 0.3 is 5.97 Å². The van der Waals surface area contributed by atoms with Crippen LogP contribution in [0.25, 0.3) is 0 Å². The summed E-state index contributed by atoms with van der Waals surface area (Å²) in [7, 11) is 2.90. The lowest BCUT2D eigenvalue weighted by molar-refractivity contribution is -0.155. The topological polar surface area (TPSA) is 55.8 Å². The van der Waals surface area contributed by atoms with Gasteiger partial charge in [0.1, 0.15) is 11.4 Å². The van der Waals surface area contributed by atoms with Crippen LogP contribution in [0.5, 0.6) is 5.75 Å². The largest absolute Gasteiger partial charge is 0.497 e. The van der Waals surface area contributed by atoms with Gasteiger partial charge in [0.25, 0.3) is 0 Å². The molecule has 0 saturated carbocycles. The average molecular weight is 252 g/mol. The number of esters is 1. The standard InChI is InChI=1S/C14H20O4/c1-5-14(16,10(2)13(15)18-4)11-6-8-12(17-3)9-7-11/h6-10,16H,5H2,1-4H3. The molecule has 100 valence electrons. The second kappa shape index (κ2) is 5.87. The summed E-state index contributed by atoms with van der Waals surface area (Å²) in [5.41, 5.74) is -0.539. The number of carbonyl (C=O) groups excluding carboxylic acids is 1. The minimum absolute atomic E-state index is 0.421. The van der Waals surface area contributed by atoms with E-state index in [1.165, 1.54) is 7.11 Å². The fourth-order valence-corrected chi connectivity index (χ4v) is 2.01. The molecule has 2 atom stereocenters. The highest BCUT2D eigenvalue weighted by atomic mass is 16.5. The second-order valence-electron chi connectivity index (χ2n) is 4.25. The summed E-state index contributed by atoms with van der Waals surface area (Å²) >= 11 is 0. The van der Waals surface area contributed by atoms with Crippen LogP contribution in [0, 0.1) is 5.92 Å². The lowest BCUT2D eigenvalue weighted by atomic mass is 9.80. The molecule has 0 aliphatic carbocycles.